The van der Waals surface area contributed by atoms with Crippen molar-refractivity contribution >= 4 is 27.9 Å². The Morgan fingerprint density at radius 2 is 1.70 bits per heavy atom. The van der Waals surface area contributed by atoms with Crippen molar-refractivity contribution < 1.29 is 17.9 Å². The molecule has 0 bridgehead atoms. The summed E-state index contributed by atoms with van der Waals surface area (Å²) in [6, 6.07) is 22.6. The topological polar surface area (TPSA) is 56.5 Å². The fourth-order valence-electron chi connectivity index (χ4n) is 4.05. The first-order valence-electron chi connectivity index (χ1n) is 11.4. The highest BCUT2D eigenvalue weighted by Crippen LogP contribution is 2.32. The molecule has 0 aliphatic rings. The van der Waals surface area contributed by atoms with Gasteiger partial charge in [-0.2, -0.15) is 22.9 Å². The van der Waals surface area contributed by atoms with Crippen molar-refractivity contribution in [1.82, 2.24) is 9.66 Å². The Labute approximate surface area is 209 Å². The van der Waals surface area contributed by atoms with Crippen LogP contribution >= 0.6 is 0 Å². The van der Waals surface area contributed by atoms with Crippen molar-refractivity contribution in [2.75, 3.05) is 6.61 Å². The Morgan fingerprint density at radius 1 is 0.946 bits per heavy atom. The first-order chi connectivity index (χ1) is 17.9. The van der Waals surface area contributed by atoms with Crippen molar-refractivity contribution in [2.45, 2.75) is 6.18 Å². The van der Waals surface area contributed by atoms with Crippen molar-refractivity contribution in [2.24, 2.45) is 5.10 Å². The number of rotatable bonds is 6. The van der Waals surface area contributed by atoms with E-state index >= 15 is 0 Å². The molecular formula is C29H20F3N3O2. The highest BCUT2D eigenvalue weighted by Gasteiger charge is 2.31. The van der Waals surface area contributed by atoms with Crippen LogP contribution < -0.4 is 10.3 Å². The summed E-state index contributed by atoms with van der Waals surface area (Å²) in [7, 11) is 0. The molecular weight excluding hydrogens is 479 g/mol. The van der Waals surface area contributed by atoms with Gasteiger partial charge in [0.05, 0.1) is 22.7 Å². The number of fused-ring (bicyclic) bond motifs is 2. The molecule has 0 aliphatic carbocycles. The summed E-state index contributed by atoms with van der Waals surface area (Å²) in [5.41, 5.74) is -0.294. The molecule has 8 heteroatoms. The quantitative estimate of drug-likeness (QED) is 0.193. The SMILES string of the molecule is C=CCOc1ccc2ccccc2c1C=Nn1c(-c2cccc(C(F)(F)F)c2)nc2ccccc2c1=O. The average molecular weight is 499 g/mol. The molecule has 0 atom stereocenters. The minimum Gasteiger partial charge on any atom is -0.489 e. The number of alkyl halides is 3. The third-order valence-electron chi connectivity index (χ3n) is 5.79. The van der Waals surface area contributed by atoms with E-state index in [0.717, 1.165) is 27.6 Å². The third-order valence-corrected chi connectivity index (χ3v) is 5.79. The van der Waals surface area contributed by atoms with Gasteiger partial charge in [0.1, 0.15) is 12.4 Å². The first kappa shape index (κ1) is 24.0. The number of aromatic nitrogens is 2. The van der Waals surface area contributed by atoms with Gasteiger partial charge >= 0.3 is 6.18 Å². The fourth-order valence-corrected chi connectivity index (χ4v) is 4.05. The number of hydrogen-bond donors (Lipinski definition) is 0. The van der Waals surface area contributed by atoms with Gasteiger partial charge in [-0.15, -0.1) is 0 Å². The molecule has 0 aliphatic heterocycles. The number of ether oxygens (including phenoxy) is 1. The highest BCUT2D eigenvalue weighted by molar-refractivity contribution is 6.02. The molecule has 4 aromatic carbocycles. The van der Waals surface area contributed by atoms with Gasteiger partial charge in [0.25, 0.3) is 5.56 Å². The van der Waals surface area contributed by atoms with E-state index in [2.05, 4.69) is 16.7 Å². The van der Waals surface area contributed by atoms with E-state index in [9.17, 15) is 18.0 Å². The first-order valence-corrected chi connectivity index (χ1v) is 11.4. The molecule has 37 heavy (non-hydrogen) atoms. The Kier molecular flexibility index (Phi) is 6.31. The standard InChI is InChI=1S/C29H20F3N3O2/c1-2-16-37-26-15-14-19-8-3-4-11-22(19)24(26)18-33-35-27(20-9-7-10-21(17-20)29(30,31)32)34-25-13-6-5-12-23(25)28(35)36/h2-15,17-18H,1,16H2. The molecule has 5 aromatic rings. The maximum absolute atomic E-state index is 13.5. The van der Waals surface area contributed by atoms with E-state index in [0.29, 0.717) is 16.8 Å². The van der Waals surface area contributed by atoms with E-state index < -0.39 is 17.3 Å². The van der Waals surface area contributed by atoms with Crippen LogP contribution in [0, 0.1) is 0 Å². The van der Waals surface area contributed by atoms with E-state index in [1.165, 1.54) is 18.3 Å². The van der Waals surface area contributed by atoms with Gasteiger partial charge in [-0.3, -0.25) is 4.79 Å². The van der Waals surface area contributed by atoms with Gasteiger partial charge < -0.3 is 4.74 Å². The summed E-state index contributed by atoms with van der Waals surface area (Å²) in [6.07, 6.45) is -1.48. The molecule has 0 spiro atoms. The Balaban J connectivity index is 1.75. The summed E-state index contributed by atoms with van der Waals surface area (Å²) in [5.74, 6) is 0.504. The van der Waals surface area contributed by atoms with Crippen LogP contribution in [0.25, 0.3) is 33.1 Å². The second-order valence-electron chi connectivity index (χ2n) is 8.19. The van der Waals surface area contributed by atoms with Gasteiger partial charge in [-0.1, -0.05) is 67.3 Å². The zero-order valence-electron chi connectivity index (χ0n) is 19.4. The van der Waals surface area contributed by atoms with E-state index in [1.807, 2.05) is 30.3 Å². The van der Waals surface area contributed by atoms with E-state index in [-0.39, 0.29) is 23.4 Å². The van der Waals surface area contributed by atoms with Gasteiger partial charge in [0, 0.05) is 11.1 Å². The lowest BCUT2D eigenvalue weighted by atomic mass is 10.0. The maximum atomic E-state index is 13.5. The van der Waals surface area contributed by atoms with Crippen LogP contribution in [-0.2, 0) is 6.18 Å². The molecule has 0 N–H and O–H groups in total. The molecule has 0 saturated carbocycles. The molecule has 0 fully saturated rings. The largest absolute Gasteiger partial charge is 0.489 e. The van der Waals surface area contributed by atoms with Crippen LogP contribution in [0.1, 0.15) is 11.1 Å². The van der Waals surface area contributed by atoms with Crippen LogP contribution in [0.15, 0.2) is 107 Å². The molecule has 1 heterocycles. The minimum atomic E-state index is -4.55. The second kappa shape index (κ2) is 9.73. The van der Waals surface area contributed by atoms with Gasteiger partial charge in [0.15, 0.2) is 5.82 Å². The molecule has 0 amide bonds. The van der Waals surface area contributed by atoms with Crippen molar-refractivity contribution in [3.8, 4) is 17.1 Å². The normalized spacial score (nSPS) is 11.9. The summed E-state index contributed by atoms with van der Waals surface area (Å²) >= 11 is 0. The predicted octanol–water partition coefficient (Wildman–Crippen LogP) is 6.68. The average Bonchev–Trinajstić information content (AvgIpc) is 2.91. The highest BCUT2D eigenvalue weighted by atomic mass is 19.4. The summed E-state index contributed by atoms with van der Waals surface area (Å²) in [6.45, 7) is 3.94. The molecule has 0 radical (unpaired) electrons. The molecule has 1 aromatic heterocycles. The lowest BCUT2D eigenvalue weighted by Crippen LogP contribution is -2.20. The van der Waals surface area contributed by atoms with Crippen LogP contribution in [0.4, 0.5) is 13.2 Å². The number of para-hydroxylation sites is 1. The van der Waals surface area contributed by atoms with Crippen LogP contribution in [0.3, 0.4) is 0 Å². The Bertz CT molecular complexity index is 1720. The molecule has 5 nitrogen and oxygen atoms in total. The lowest BCUT2D eigenvalue weighted by molar-refractivity contribution is -0.137. The maximum Gasteiger partial charge on any atom is 0.416 e. The van der Waals surface area contributed by atoms with Crippen molar-refractivity contribution in [3.63, 3.8) is 0 Å². The summed E-state index contributed by atoms with van der Waals surface area (Å²) < 4.78 is 47.2. The number of halogens is 3. The minimum absolute atomic E-state index is 0.0140. The zero-order chi connectivity index (χ0) is 26.0. The monoisotopic (exact) mass is 499 g/mol. The van der Waals surface area contributed by atoms with Gasteiger partial charge in [-0.25, -0.2) is 4.98 Å². The van der Waals surface area contributed by atoms with E-state index in [4.69, 9.17) is 4.74 Å². The third kappa shape index (κ3) is 4.73. The Hall–Kier alpha value is -4.72. The fraction of sp³-hybridized carbons (Fsp3) is 0.0690. The van der Waals surface area contributed by atoms with Crippen LogP contribution in [0.5, 0.6) is 5.75 Å². The predicted molar refractivity (Wildman–Crippen MR) is 139 cm³/mol. The zero-order valence-corrected chi connectivity index (χ0v) is 19.4. The lowest BCUT2D eigenvalue weighted by Gasteiger charge is -2.13. The molecule has 184 valence electrons. The van der Waals surface area contributed by atoms with Gasteiger partial charge in [0.2, 0.25) is 0 Å². The smallest absolute Gasteiger partial charge is 0.416 e. The van der Waals surface area contributed by atoms with Crippen molar-refractivity contribution in [3.05, 3.63) is 119 Å². The molecule has 0 unspecified atom stereocenters. The van der Waals surface area contributed by atoms with Crippen molar-refractivity contribution in [1.29, 1.82) is 0 Å². The summed E-state index contributed by atoms with van der Waals surface area (Å²) in [5, 5.41) is 6.49. The second-order valence-corrected chi connectivity index (χ2v) is 8.19. The van der Waals surface area contributed by atoms with Gasteiger partial charge in [-0.05, 0) is 41.1 Å². The number of hydrogen-bond acceptors (Lipinski definition) is 4. The van der Waals surface area contributed by atoms with Crippen LogP contribution in [-0.4, -0.2) is 22.5 Å². The molecule has 0 saturated heterocycles. The van der Waals surface area contributed by atoms with E-state index in [1.54, 1.807) is 36.4 Å². The Morgan fingerprint density at radius 3 is 2.49 bits per heavy atom. The summed E-state index contributed by atoms with van der Waals surface area (Å²) in [4.78, 5) is 18.0. The number of nitrogens with zero attached hydrogens (tertiary/aromatic N) is 3. The molecule has 5 rings (SSSR count). The number of benzene rings is 4. The van der Waals surface area contributed by atoms with Crippen LogP contribution in [0.2, 0.25) is 0 Å².